The fraction of sp³-hybridized carbons (Fsp3) is 0.455. The minimum Gasteiger partial charge on any atom is -0.383 e. The molecule has 0 atom stereocenters. The van der Waals surface area contributed by atoms with Crippen LogP contribution in [0.15, 0.2) is 23.4 Å². The molecule has 3 N–H and O–H groups in total. The van der Waals surface area contributed by atoms with Crippen LogP contribution in [-0.2, 0) is 16.1 Å². The fourth-order valence-corrected chi connectivity index (χ4v) is 1.73. The van der Waals surface area contributed by atoms with Crippen LogP contribution in [0.1, 0.15) is 5.56 Å². The van der Waals surface area contributed by atoms with E-state index in [2.05, 4.69) is 10.3 Å². The molecule has 1 aromatic rings. The molecule has 0 fully saturated rings. The molecule has 0 aromatic carbocycles. The molecule has 5 nitrogen and oxygen atoms in total. The van der Waals surface area contributed by atoms with Crippen LogP contribution in [0.4, 0.5) is 0 Å². The molecular weight excluding hydrogens is 238 g/mol. The zero-order valence-electron chi connectivity index (χ0n) is 9.81. The number of hydrogen-bond acceptors (Lipinski definition) is 5. The van der Waals surface area contributed by atoms with E-state index in [-0.39, 0.29) is 11.7 Å². The van der Waals surface area contributed by atoms with Gasteiger partial charge in [-0.1, -0.05) is 17.8 Å². The topological polar surface area (TPSA) is 77.2 Å². The monoisotopic (exact) mass is 255 g/mol. The Balaban J connectivity index is 2.31. The zero-order valence-corrected chi connectivity index (χ0v) is 10.6. The standard InChI is InChI=1S/C11H17N3O2S/c1-16-5-4-13-6-9-2-3-11(14-7-9)17-8-10(12)15/h2-3,7,13H,4-6,8H2,1H3,(H2,12,15). The summed E-state index contributed by atoms with van der Waals surface area (Å²) in [5.41, 5.74) is 6.16. The predicted octanol–water partition coefficient (Wildman–Crippen LogP) is 0.395. The van der Waals surface area contributed by atoms with E-state index in [1.54, 1.807) is 13.3 Å². The van der Waals surface area contributed by atoms with Crippen LogP contribution in [0.25, 0.3) is 0 Å². The van der Waals surface area contributed by atoms with E-state index in [1.165, 1.54) is 11.8 Å². The zero-order chi connectivity index (χ0) is 12.5. The van der Waals surface area contributed by atoms with E-state index in [9.17, 15) is 4.79 Å². The highest BCUT2D eigenvalue weighted by Crippen LogP contribution is 2.14. The molecule has 1 amide bonds. The van der Waals surface area contributed by atoms with E-state index in [1.807, 2.05) is 12.1 Å². The second-order valence-corrected chi connectivity index (χ2v) is 4.42. The number of rotatable bonds is 8. The maximum atomic E-state index is 10.6. The van der Waals surface area contributed by atoms with Gasteiger partial charge in [0, 0.05) is 26.4 Å². The van der Waals surface area contributed by atoms with Crippen molar-refractivity contribution in [1.82, 2.24) is 10.3 Å². The van der Waals surface area contributed by atoms with Gasteiger partial charge >= 0.3 is 0 Å². The average molecular weight is 255 g/mol. The van der Waals surface area contributed by atoms with E-state index in [4.69, 9.17) is 10.5 Å². The lowest BCUT2D eigenvalue weighted by atomic mass is 10.3. The van der Waals surface area contributed by atoms with Crippen LogP contribution in [0.3, 0.4) is 0 Å². The summed E-state index contributed by atoms with van der Waals surface area (Å²) < 4.78 is 4.93. The molecule has 17 heavy (non-hydrogen) atoms. The molecule has 1 heterocycles. The van der Waals surface area contributed by atoms with Gasteiger partial charge in [0.05, 0.1) is 17.4 Å². The first kappa shape index (κ1) is 14.0. The number of carbonyl (C=O) groups excluding carboxylic acids is 1. The molecule has 0 aliphatic rings. The van der Waals surface area contributed by atoms with Gasteiger partial charge in [0.2, 0.25) is 5.91 Å². The van der Waals surface area contributed by atoms with Crippen molar-refractivity contribution in [1.29, 1.82) is 0 Å². The molecule has 6 heteroatoms. The number of pyridine rings is 1. The Bertz CT molecular complexity index is 343. The highest BCUT2D eigenvalue weighted by atomic mass is 32.2. The summed E-state index contributed by atoms with van der Waals surface area (Å²) in [7, 11) is 1.67. The number of thioether (sulfide) groups is 1. The van der Waals surface area contributed by atoms with Crippen LogP contribution in [-0.4, -0.2) is 36.9 Å². The van der Waals surface area contributed by atoms with Crippen LogP contribution in [0.2, 0.25) is 0 Å². The van der Waals surface area contributed by atoms with Gasteiger partial charge in [-0.15, -0.1) is 0 Å². The van der Waals surface area contributed by atoms with Gasteiger partial charge in [-0.2, -0.15) is 0 Å². The Morgan fingerprint density at radius 2 is 2.41 bits per heavy atom. The van der Waals surface area contributed by atoms with Gasteiger partial charge in [-0.3, -0.25) is 4.79 Å². The lowest BCUT2D eigenvalue weighted by Gasteiger charge is -2.04. The SMILES string of the molecule is COCCNCc1ccc(SCC(N)=O)nc1. The number of amides is 1. The molecule has 1 aromatic heterocycles. The minimum atomic E-state index is -0.331. The van der Waals surface area contributed by atoms with E-state index in [0.29, 0.717) is 6.61 Å². The average Bonchev–Trinajstić information content (AvgIpc) is 2.33. The first-order valence-corrected chi connectivity index (χ1v) is 6.26. The molecule has 0 saturated carbocycles. The van der Waals surface area contributed by atoms with Crippen molar-refractivity contribution in [3.05, 3.63) is 23.9 Å². The van der Waals surface area contributed by atoms with Crippen molar-refractivity contribution in [2.75, 3.05) is 26.0 Å². The van der Waals surface area contributed by atoms with Crippen LogP contribution in [0, 0.1) is 0 Å². The van der Waals surface area contributed by atoms with Gasteiger partial charge in [0.25, 0.3) is 0 Å². The highest BCUT2D eigenvalue weighted by molar-refractivity contribution is 7.99. The Morgan fingerprint density at radius 1 is 1.59 bits per heavy atom. The van der Waals surface area contributed by atoms with Crippen molar-refractivity contribution in [3.8, 4) is 0 Å². The van der Waals surface area contributed by atoms with Crippen LogP contribution in [0.5, 0.6) is 0 Å². The summed E-state index contributed by atoms with van der Waals surface area (Å²) in [5.74, 6) is -0.0690. The second-order valence-electron chi connectivity index (χ2n) is 3.43. The van der Waals surface area contributed by atoms with Gasteiger partial charge in [0.1, 0.15) is 0 Å². The largest absolute Gasteiger partial charge is 0.383 e. The minimum absolute atomic E-state index is 0.262. The Hall–Kier alpha value is -1.11. The lowest BCUT2D eigenvalue weighted by Crippen LogP contribution is -2.18. The third-order valence-electron chi connectivity index (χ3n) is 1.97. The van der Waals surface area contributed by atoms with Crippen molar-refractivity contribution >= 4 is 17.7 Å². The van der Waals surface area contributed by atoms with Crippen molar-refractivity contribution in [2.24, 2.45) is 5.73 Å². The number of aromatic nitrogens is 1. The van der Waals surface area contributed by atoms with E-state index < -0.39 is 0 Å². The number of carbonyl (C=O) groups is 1. The summed E-state index contributed by atoms with van der Waals surface area (Å²) in [4.78, 5) is 14.8. The lowest BCUT2D eigenvalue weighted by molar-refractivity contribution is -0.115. The number of nitrogens with two attached hydrogens (primary N) is 1. The molecule has 0 saturated heterocycles. The highest BCUT2D eigenvalue weighted by Gasteiger charge is 1.99. The Kier molecular flexibility index (Phi) is 6.61. The fourth-order valence-electron chi connectivity index (χ4n) is 1.15. The van der Waals surface area contributed by atoms with Gasteiger partial charge in [-0.05, 0) is 11.6 Å². The van der Waals surface area contributed by atoms with Gasteiger partial charge < -0.3 is 15.8 Å². The molecular formula is C11H17N3O2S. The van der Waals surface area contributed by atoms with Crippen LogP contribution >= 0.6 is 11.8 Å². The van der Waals surface area contributed by atoms with E-state index >= 15 is 0 Å². The van der Waals surface area contributed by atoms with E-state index in [0.717, 1.165) is 23.7 Å². The summed E-state index contributed by atoms with van der Waals surface area (Å²) >= 11 is 1.34. The van der Waals surface area contributed by atoms with Gasteiger partial charge in [-0.25, -0.2) is 4.98 Å². The number of primary amides is 1. The van der Waals surface area contributed by atoms with Crippen molar-refractivity contribution in [3.63, 3.8) is 0 Å². The third kappa shape index (κ3) is 6.25. The summed E-state index contributed by atoms with van der Waals surface area (Å²) in [5, 5.41) is 4.04. The summed E-state index contributed by atoms with van der Waals surface area (Å²) in [6.07, 6.45) is 1.79. The Morgan fingerprint density at radius 3 is 3.00 bits per heavy atom. The maximum Gasteiger partial charge on any atom is 0.227 e. The number of nitrogens with one attached hydrogen (secondary N) is 1. The molecule has 0 aliphatic carbocycles. The summed E-state index contributed by atoms with van der Waals surface area (Å²) in [6.45, 7) is 2.27. The molecule has 0 bridgehead atoms. The predicted molar refractivity (Wildman–Crippen MR) is 67.7 cm³/mol. The first-order valence-electron chi connectivity index (χ1n) is 5.28. The normalized spacial score (nSPS) is 10.4. The maximum absolute atomic E-state index is 10.6. The third-order valence-corrected chi connectivity index (χ3v) is 2.94. The Labute approximate surface area is 105 Å². The smallest absolute Gasteiger partial charge is 0.227 e. The molecule has 0 aliphatic heterocycles. The molecule has 0 unspecified atom stereocenters. The van der Waals surface area contributed by atoms with Crippen molar-refractivity contribution < 1.29 is 9.53 Å². The van der Waals surface area contributed by atoms with Crippen LogP contribution < -0.4 is 11.1 Å². The summed E-state index contributed by atoms with van der Waals surface area (Å²) in [6, 6.07) is 3.87. The second kappa shape index (κ2) is 8.05. The number of nitrogens with zero attached hydrogens (tertiary/aromatic N) is 1. The van der Waals surface area contributed by atoms with Crippen molar-refractivity contribution in [2.45, 2.75) is 11.6 Å². The molecule has 0 spiro atoms. The number of methoxy groups -OCH3 is 1. The molecule has 94 valence electrons. The molecule has 0 radical (unpaired) electrons. The molecule has 1 rings (SSSR count). The number of hydrogen-bond donors (Lipinski definition) is 2. The first-order chi connectivity index (χ1) is 8.22. The van der Waals surface area contributed by atoms with Gasteiger partial charge in [0.15, 0.2) is 0 Å². The quantitative estimate of drug-likeness (QED) is 0.519. The number of ether oxygens (including phenoxy) is 1.